The Kier molecular flexibility index (Phi) is 7.78. The lowest BCUT2D eigenvalue weighted by Crippen LogP contribution is -2.44. The summed E-state index contributed by atoms with van der Waals surface area (Å²) >= 11 is 0. The number of amides is 1. The Morgan fingerprint density at radius 1 is 1.52 bits per heavy atom. The minimum atomic E-state index is -0.0241. The molecule has 0 bridgehead atoms. The number of nitrogens with zero attached hydrogens (tertiary/aromatic N) is 1. The minimum absolute atomic E-state index is 0. The van der Waals surface area contributed by atoms with Gasteiger partial charge < -0.3 is 15.1 Å². The van der Waals surface area contributed by atoms with E-state index in [-0.39, 0.29) is 30.4 Å². The fourth-order valence-electron chi connectivity index (χ4n) is 2.78. The number of nitrogens with one attached hydrogen (secondary N) is 2. The fraction of sp³-hybridized carbons (Fsp3) is 0.667. The molecule has 0 saturated carbocycles. The van der Waals surface area contributed by atoms with E-state index in [4.69, 9.17) is 4.42 Å². The molecular weight excluding hydrogens is 290 g/mol. The van der Waals surface area contributed by atoms with Gasteiger partial charge in [0, 0.05) is 6.54 Å². The molecule has 0 radical (unpaired) electrons. The second kappa shape index (κ2) is 9.07. The summed E-state index contributed by atoms with van der Waals surface area (Å²) in [6, 6.07) is 3.95. The van der Waals surface area contributed by atoms with Crippen molar-refractivity contribution in [3.8, 4) is 0 Å². The Morgan fingerprint density at radius 2 is 2.29 bits per heavy atom. The molecule has 5 nitrogen and oxygen atoms in total. The van der Waals surface area contributed by atoms with Crippen LogP contribution in [-0.2, 0) is 4.79 Å². The predicted molar refractivity (Wildman–Crippen MR) is 85.7 cm³/mol. The second-order valence-electron chi connectivity index (χ2n) is 5.15. The topological polar surface area (TPSA) is 57.5 Å². The van der Waals surface area contributed by atoms with E-state index in [9.17, 15) is 4.79 Å². The molecule has 120 valence electrons. The van der Waals surface area contributed by atoms with Crippen LogP contribution in [0.3, 0.4) is 0 Å². The quantitative estimate of drug-likeness (QED) is 0.807. The lowest BCUT2D eigenvalue weighted by Gasteiger charge is -2.28. The molecule has 2 rings (SSSR count). The average Bonchev–Trinajstić information content (AvgIpc) is 3.15. The van der Waals surface area contributed by atoms with Gasteiger partial charge in [-0.3, -0.25) is 9.69 Å². The van der Waals surface area contributed by atoms with Gasteiger partial charge >= 0.3 is 0 Å². The SMILES string of the molecule is CCN(CC)C(CNC(=O)C1CCCN1)c1ccco1.Cl. The lowest BCUT2D eigenvalue weighted by atomic mass is 10.1. The van der Waals surface area contributed by atoms with Gasteiger partial charge in [-0.1, -0.05) is 13.8 Å². The van der Waals surface area contributed by atoms with E-state index in [1.54, 1.807) is 6.26 Å². The summed E-state index contributed by atoms with van der Waals surface area (Å²) in [5.74, 6) is 1.01. The Hall–Kier alpha value is -1.04. The molecule has 0 aliphatic carbocycles. The minimum Gasteiger partial charge on any atom is -0.468 e. The van der Waals surface area contributed by atoms with Crippen LogP contribution in [0.1, 0.15) is 38.5 Å². The van der Waals surface area contributed by atoms with E-state index >= 15 is 0 Å². The number of likely N-dealkylation sites (N-methyl/N-ethyl adjacent to an activating group) is 1. The van der Waals surface area contributed by atoms with E-state index < -0.39 is 0 Å². The molecule has 1 amide bonds. The standard InChI is InChI=1S/C15H25N3O2.ClH/c1-3-18(4-2)13(14-8-6-10-20-14)11-17-15(19)12-7-5-9-16-12;/h6,8,10,12-13,16H,3-5,7,9,11H2,1-2H3,(H,17,19);1H. The van der Waals surface area contributed by atoms with Gasteiger partial charge in [0.2, 0.25) is 5.91 Å². The van der Waals surface area contributed by atoms with E-state index in [1.165, 1.54) is 0 Å². The van der Waals surface area contributed by atoms with Crippen LogP contribution in [0, 0.1) is 0 Å². The molecule has 21 heavy (non-hydrogen) atoms. The molecule has 1 aromatic rings. The molecule has 1 aliphatic heterocycles. The normalized spacial score (nSPS) is 19.3. The number of rotatable bonds is 7. The van der Waals surface area contributed by atoms with Crippen molar-refractivity contribution in [2.24, 2.45) is 0 Å². The third-order valence-corrected chi connectivity index (χ3v) is 3.97. The summed E-state index contributed by atoms with van der Waals surface area (Å²) in [4.78, 5) is 14.4. The summed E-state index contributed by atoms with van der Waals surface area (Å²) in [7, 11) is 0. The number of halogens is 1. The maximum atomic E-state index is 12.1. The second-order valence-corrected chi connectivity index (χ2v) is 5.15. The van der Waals surface area contributed by atoms with Gasteiger partial charge in [-0.05, 0) is 44.6 Å². The molecule has 2 unspecified atom stereocenters. The van der Waals surface area contributed by atoms with Crippen LogP contribution in [0.5, 0.6) is 0 Å². The van der Waals surface area contributed by atoms with Crippen LogP contribution in [0.2, 0.25) is 0 Å². The molecule has 1 aromatic heterocycles. The van der Waals surface area contributed by atoms with Crippen molar-refractivity contribution in [2.75, 3.05) is 26.2 Å². The van der Waals surface area contributed by atoms with Gasteiger partial charge in [-0.2, -0.15) is 0 Å². The zero-order valence-corrected chi connectivity index (χ0v) is 13.6. The first-order valence-electron chi connectivity index (χ1n) is 7.54. The molecule has 2 heterocycles. The number of carbonyl (C=O) groups is 1. The van der Waals surface area contributed by atoms with Crippen molar-refractivity contribution >= 4 is 18.3 Å². The highest BCUT2D eigenvalue weighted by atomic mass is 35.5. The molecule has 2 N–H and O–H groups in total. The van der Waals surface area contributed by atoms with Gasteiger partial charge in [-0.25, -0.2) is 0 Å². The number of hydrogen-bond acceptors (Lipinski definition) is 4. The highest BCUT2D eigenvalue weighted by molar-refractivity contribution is 5.85. The third-order valence-electron chi connectivity index (χ3n) is 3.97. The van der Waals surface area contributed by atoms with Crippen molar-refractivity contribution in [2.45, 2.75) is 38.8 Å². The Labute approximate surface area is 132 Å². The first kappa shape index (κ1) is 18.0. The maximum Gasteiger partial charge on any atom is 0.237 e. The van der Waals surface area contributed by atoms with Crippen molar-refractivity contribution in [1.29, 1.82) is 0 Å². The van der Waals surface area contributed by atoms with Crippen LogP contribution in [-0.4, -0.2) is 43.0 Å². The first-order chi connectivity index (χ1) is 9.76. The van der Waals surface area contributed by atoms with Crippen molar-refractivity contribution in [1.82, 2.24) is 15.5 Å². The van der Waals surface area contributed by atoms with E-state index in [1.807, 2.05) is 12.1 Å². The van der Waals surface area contributed by atoms with Crippen molar-refractivity contribution in [3.05, 3.63) is 24.2 Å². The van der Waals surface area contributed by atoms with Crippen molar-refractivity contribution in [3.63, 3.8) is 0 Å². The summed E-state index contributed by atoms with van der Waals surface area (Å²) < 4.78 is 5.53. The van der Waals surface area contributed by atoms with Gasteiger partial charge in [-0.15, -0.1) is 12.4 Å². The zero-order chi connectivity index (χ0) is 14.4. The summed E-state index contributed by atoms with van der Waals surface area (Å²) in [5, 5.41) is 6.28. The number of hydrogen-bond donors (Lipinski definition) is 2. The fourth-order valence-corrected chi connectivity index (χ4v) is 2.78. The van der Waals surface area contributed by atoms with Crippen LogP contribution >= 0.6 is 12.4 Å². The van der Waals surface area contributed by atoms with Crippen LogP contribution in [0.15, 0.2) is 22.8 Å². The smallest absolute Gasteiger partial charge is 0.237 e. The third kappa shape index (κ3) is 4.73. The van der Waals surface area contributed by atoms with E-state index in [0.717, 1.165) is 38.2 Å². The van der Waals surface area contributed by atoms with Gasteiger partial charge in [0.1, 0.15) is 5.76 Å². The summed E-state index contributed by atoms with van der Waals surface area (Å²) in [6.07, 6.45) is 3.70. The molecule has 6 heteroatoms. The van der Waals surface area contributed by atoms with E-state index in [2.05, 4.69) is 29.4 Å². The average molecular weight is 316 g/mol. The Bertz CT molecular complexity index is 401. The van der Waals surface area contributed by atoms with Crippen LogP contribution in [0.25, 0.3) is 0 Å². The van der Waals surface area contributed by atoms with Crippen LogP contribution < -0.4 is 10.6 Å². The van der Waals surface area contributed by atoms with Gasteiger partial charge in [0.25, 0.3) is 0 Å². The first-order valence-corrected chi connectivity index (χ1v) is 7.54. The number of carbonyl (C=O) groups excluding carboxylic acids is 1. The highest BCUT2D eigenvalue weighted by Gasteiger charge is 2.25. The van der Waals surface area contributed by atoms with Crippen molar-refractivity contribution < 1.29 is 9.21 Å². The van der Waals surface area contributed by atoms with Gasteiger partial charge in [0.05, 0.1) is 18.3 Å². The van der Waals surface area contributed by atoms with Gasteiger partial charge in [0.15, 0.2) is 0 Å². The highest BCUT2D eigenvalue weighted by Crippen LogP contribution is 2.20. The monoisotopic (exact) mass is 315 g/mol. The molecule has 1 saturated heterocycles. The predicted octanol–water partition coefficient (Wildman–Crippen LogP) is 1.95. The number of furan rings is 1. The van der Waals surface area contributed by atoms with E-state index in [0.29, 0.717) is 6.54 Å². The molecule has 2 atom stereocenters. The molecular formula is C15H26ClN3O2. The summed E-state index contributed by atoms with van der Waals surface area (Å²) in [6.45, 7) is 7.64. The molecule has 0 aromatic carbocycles. The largest absolute Gasteiger partial charge is 0.468 e. The molecule has 1 fully saturated rings. The molecule has 0 spiro atoms. The van der Waals surface area contributed by atoms with Crippen LogP contribution in [0.4, 0.5) is 0 Å². The Morgan fingerprint density at radius 3 is 2.81 bits per heavy atom. The lowest BCUT2D eigenvalue weighted by molar-refractivity contribution is -0.123. The Balaban J connectivity index is 0.00000220. The summed E-state index contributed by atoms with van der Waals surface area (Å²) in [5.41, 5.74) is 0. The maximum absolute atomic E-state index is 12.1. The zero-order valence-electron chi connectivity index (χ0n) is 12.8. The molecule has 1 aliphatic rings.